The number of methoxy groups -OCH3 is 2. The topological polar surface area (TPSA) is 96.2 Å². The minimum Gasteiger partial charge on any atom is -0.493 e. The summed E-state index contributed by atoms with van der Waals surface area (Å²) >= 11 is 0. The van der Waals surface area contributed by atoms with Crippen molar-refractivity contribution < 1.29 is 14.2 Å². The van der Waals surface area contributed by atoms with Crippen LogP contribution in [-0.2, 0) is 0 Å². The first-order valence-electron chi connectivity index (χ1n) is 10.5. The Bertz CT molecular complexity index is 1370. The maximum atomic E-state index is 6.61. The molecule has 2 aliphatic rings. The smallest absolute Gasteiger partial charge is 0.248 e. The van der Waals surface area contributed by atoms with Crippen LogP contribution in [0.5, 0.6) is 17.2 Å². The van der Waals surface area contributed by atoms with Crippen LogP contribution in [-0.4, -0.2) is 39.4 Å². The van der Waals surface area contributed by atoms with Gasteiger partial charge in [-0.1, -0.05) is 29.4 Å². The predicted molar refractivity (Wildman–Crippen MR) is 120 cm³/mol. The normalized spacial score (nSPS) is 18.4. The summed E-state index contributed by atoms with van der Waals surface area (Å²) in [5.41, 5.74) is 4.73. The summed E-state index contributed by atoms with van der Waals surface area (Å²) in [4.78, 5) is 4.34. The molecule has 0 fully saturated rings. The van der Waals surface area contributed by atoms with Crippen LogP contribution < -0.4 is 19.5 Å². The van der Waals surface area contributed by atoms with E-state index in [9.17, 15) is 0 Å². The lowest BCUT2D eigenvalue weighted by Gasteiger charge is -2.38. The standard InChI is InChI=1S/C24H20N6O3/c1-31-18-10-9-14(12-19(18)32-2)23-20-21(16-7-3-4-8-17(16)33-23)26-24-27-28-29-30(24)22(20)15-6-5-11-25-13-15/h3-13,22-23H,1-2H3,(H,26,27,29)/t22-,23+/m1/s1. The molecule has 164 valence electrons. The Kier molecular flexibility index (Phi) is 4.46. The van der Waals surface area contributed by atoms with Crippen LogP contribution in [0.3, 0.4) is 0 Å². The molecular weight excluding hydrogens is 420 g/mol. The van der Waals surface area contributed by atoms with Gasteiger partial charge in [-0.25, -0.2) is 0 Å². The van der Waals surface area contributed by atoms with Crippen LogP contribution in [0.25, 0.3) is 5.70 Å². The predicted octanol–water partition coefficient (Wildman–Crippen LogP) is 3.65. The second-order valence-electron chi connectivity index (χ2n) is 7.70. The lowest BCUT2D eigenvalue weighted by Crippen LogP contribution is -2.32. The van der Waals surface area contributed by atoms with Gasteiger partial charge in [-0.15, -0.1) is 0 Å². The SMILES string of the molecule is COc1ccc([C@@H]2Oc3ccccc3C3=C2[C@@H](c2cccnc2)n2nnnc2N3)cc1OC. The molecule has 9 heteroatoms. The summed E-state index contributed by atoms with van der Waals surface area (Å²) in [5.74, 6) is 2.61. The van der Waals surface area contributed by atoms with E-state index in [2.05, 4.69) is 25.8 Å². The maximum absolute atomic E-state index is 6.61. The quantitative estimate of drug-likeness (QED) is 0.514. The molecule has 2 aromatic carbocycles. The average molecular weight is 440 g/mol. The van der Waals surface area contributed by atoms with Crippen molar-refractivity contribution in [1.82, 2.24) is 25.2 Å². The Morgan fingerprint density at radius 1 is 0.970 bits per heavy atom. The zero-order valence-electron chi connectivity index (χ0n) is 18.0. The van der Waals surface area contributed by atoms with E-state index >= 15 is 0 Å². The van der Waals surface area contributed by atoms with Crippen LogP contribution in [0, 0.1) is 0 Å². The molecular formula is C24H20N6O3. The lowest BCUT2D eigenvalue weighted by atomic mass is 9.85. The van der Waals surface area contributed by atoms with Gasteiger partial charge in [0.25, 0.3) is 0 Å². The monoisotopic (exact) mass is 440 g/mol. The van der Waals surface area contributed by atoms with E-state index in [-0.39, 0.29) is 6.04 Å². The van der Waals surface area contributed by atoms with Gasteiger partial charge in [-0.2, -0.15) is 4.68 Å². The van der Waals surface area contributed by atoms with Crippen molar-refractivity contribution in [2.75, 3.05) is 19.5 Å². The number of para-hydroxylation sites is 1. The molecule has 0 aliphatic carbocycles. The third kappa shape index (κ3) is 3.00. The molecule has 2 aromatic heterocycles. The fourth-order valence-corrected chi connectivity index (χ4v) is 4.49. The van der Waals surface area contributed by atoms with E-state index in [0.717, 1.165) is 33.7 Å². The highest BCUT2D eigenvalue weighted by atomic mass is 16.5. The molecule has 6 rings (SSSR count). The van der Waals surface area contributed by atoms with E-state index in [1.807, 2.05) is 60.8 Å². The number of nitrogens with one attached hydrogen (secondary N) is 1. The first-order valence-corrected chi connectivity index (χ1v) is 10.5. The lowest BCUT2D eigenvalue weighted by molar-refractivity contribution is 0.222. The fourth-order valence-electron chi connectivity index (χ4n) is 4.49. The molecule has 2 aliphatic heterocycles. The zero-order valence-corrected chi connectivity index (χ0v) is 18.0. The van der Waals surface area contributed by atoms with Crippen molar-refractivity contribution in [3.05, 3.63) is 89.3 Å². The van der Waals surface area contributed by atoms with Gasteiger partial charge in [0.2, 0.25) is 5.95 Å². The number of ether oxygens (including phenoxy) is 3. The number of tetrazole rings is 1. The number of hydrogen-bond acceptors (Lipinski definition) is 8. The van der Waals surface area contributed by atoms with E-state index in [1.165, 1.54) is 0 Å². The van der Waals surface area contributed by atoms with Crippen molar-refractivity contribution in [3.8, 4) is 17.2 Å². The van der Waals surface area contributed by atoms with Crippen molar-refractivity contribution in [3.63, 3.8) is 0 Å². The summed E-state index contributed by atoms with van der Waals surface area (Å²) in [5, 5.41) is 15.8. The number of fused-ring (bicyclic) bond motifs is 3. The summed E-state index contributed by atoms with van der Waals surface area (Å²) in [7, 11) is 3.24. The molecule has 4 aromatic rings. The molecule has 0 radical (unpaired) electrons. The maximum Gasteiger partial charge on any atom is 0.248 e. The molecule has 0 spiro atoms. The summed E-state index contributed by atoms with van der Waals surface area (Å²) in [6.45, 7) is 0. The van der Waals surface area contributed by atoms with Gasteiger partial charge >= 0.3 is 0 Å². The first kappa shape index (κ1) is 19.3. The fraction of sp³-hybridized carbons (Fsp3) is 0.167. The molecule has 0 saturated heterocycles. The number of nitrogens with zero attached hydrogens (tertiary/aromatic N) is 5. The third-order valence-electron chi connectivity index (χ3n) is 5.95. The van der Waals surface area contributed by atoms with E-state index in [4.69, 9.17) is 14.2 Å². The molecule has 1 N–H and O–H groups in total. The van der Waals surface area contributed by atoms with Crippen LogP contribution in [0.15, 0.2) is 72.6 Å². The number of aromatic nitrogens is 5. The number of rotatable bonds is 4. The van der Waals surface area contributed by atoms with Gasteiger partial charge < -0.3 is 19.5 Å². The van der Waals surface area contributed by atoms with Crippen LogP contribution >= 0.6 is 0 Å². The summed E-state index contributed by atoms with van der Waals surface area (Å²) < 4.78 is 19.4. The van der Waals surface area contributed by atoms with Gasteiger partial charge in [0.1, 0.15) is 17.9 Å². The Morgan fingerprint density at radius 2 is 1.85 bits per heavy atom. The Hall–Kier alpha value is -4.40. The second kappa shape index (κ2) is 7.63. The molecule has 4 heterocycles. The van der Waals surface area contributed by atoms with Crippen molar-refractivity contribution in [1.29, 1.82) is 0 Å². The number of pyridine rings is 1. The van der Waals surface area contributed by atoms with Gasteiger partial charge in [0.05, 0.1) is 19.9 Å². The van der Waals surface area contributed by atoms with Gasteiger partial charge in [0, 0.05) is 29.1 Å². The van der Waals surface area contributed by atoms with E-state index < -0.39 is 6.10 Å². The van der Waals surface area contributed by atoms with Gasteiger partial charge in [-0.05, 0) is 46.3 Å². The number of benzene rings is 2. The minimum atomic E-state index is -0.426. The number of anilines is 1. The number of hydrogen-bond donors (Lipinski definition) is 1. The Labute approximate surface area is 189 Å². The Morgan fingerprint density at radius 3 is 2.67 bits per heavy atom. The molecule has 0 saturated carbocycles. The highest BCUT2D eigenvalue weighted by molar-refractivity contribution is 5.85. The molecule has 0 amide bonds. The Balaban J connectivity index is 1.60. The molecule has 2 atom stereocenters. The van der Waals surface area contributed by atoms with Crippen LogP contribution in [0.1, 0.15) is 28.8 Å². The summed E-state index contributed by atoms with van der Waals surface area (Å²) in [6.07, 6.45) is 3.15. The molecule has 33 heavy (non-hydrogen) atoms. The molecule has 0 bridgehead atoms. The molecule has 9 nitrogen and oxygen atoms in total. The van der Waals surface area contributed by atoms with Crippen LogP contribution in [0.4, 0.5) is 5.95 Å². The zero-order chi connectivity index (χ0) is 22.4. The highest BCUT2D eigenvalue weighted by Crippen LogP contribution is 2.50. The minimum absolute atomic E-state index is 0.314. The highest BCUT2D eigenvalue weighted by Gasteiger charge is 2.41. The van der Waals surface area contributed by atoms with Gasteiger partial charge in [0.15, 0.2) is 11.5 Å². The summed E-state index contributed by atoms with van der Waals surface area (Å²) in [6, 6.07) is 17.4. The van der Waals surface area contributed by atoms with E-state index in [1.54, 1.807) is 25.1 Å². The second-order valence-corrected chi connectivity index (χ2v) is 7.70. The van der Waals surface area contributed by atoms with Gasteiger partial charge in [-0.3, -0.25) is 4.98 Å². The van der Waals surface area contributed by atoms with Crippen molar-refractivity contribution in [2.24, 2.45) is 0 Å². The van der Waals surface area contributed by atoms with Crippen molar-refractivity contribution in [2.45, 2.75) is 12.1 Å². The first-order chi connectivity index (χ1) is 16.3. The van der Waals surface area contributed by atoms with Crippen molar-refractivity contribution >= 4 is 11.6 Å². The van der Waals surface area contributed by atoms with Crippen LogP contribution in [0.2, 0.25) is 0 Å². The third-order valence-corrected chi connectivity index (χ3v) is 5.95. The molecule has 0 unspecified atom stereocenters. The largest absolute Gasteiger partial charge is 0.493 e. The average Bonchev–Trinajstić information content (AvgIpc) is 3.35. The van der Waals surface area contributed by atoms with E-state index in [0.29, 0.717) is 17.4 Å².